The summed E-state index contributed by atoms with van der Waals surface area (Å²) in [5, 5.41) is 0.736. The number of ether oxygens (including phenoxy) is 4. The number of rotatable bonds is 8. The van der Waals surface area contributed by atoms with Gasteiger partial charge in [0.2, 0.25) is 0 Å². The van der Waals surface area contributed by atoms with Crippen molar-refractivity contribution in [3.8, 4) is 11.5 Å². The lowest BCUT2D eigenvalue weighted by Gasteiger charge is -2.15. The maximum Gasteiger partial charge on any atom is 0.352 e. The Morgan fingerprint density at radius 1 is 1.07 bits per heavy atom. The van der Waals surface area contributed by atoms with Crippen molar-refractivity contribution < 1.29 is 28.5 Å². The van der Waals surface area contributed by atoms with E-state index in [0.717, 1.165) is 0 Å². The monoisotopic (exact) mass is 412 g/mol. The van der Waals surface area contributed by atoms with Crippen LogP contribution in [0.5, 0.6) is 11.5 Å². The predicted molar refractivity (Wildman–Crippen MR) is 101 cm³/mol. The van der Waals surface area contributed by atoms with Crippen LogP contribution in [0.4, 0.5) is 0 Å². The van der Waals surface area contributed by atoms with E-state index in [1.807, 2.05) is 0 Å². The Morgan fingerprint density at radius 2 is 1.85 bits per heavy atom. The molecule has 0 amide bonds. The first-order valence-electron chi connectivity index (χ1n) is 8.00. The van der Waals surface area contributed by atoms with E-state index < -0.39 is 18.0 Å². The van der Waals surface area contributed by atoms with Crippen LogP contribution in [0.1, 0.15) is 17.3 Å². The highest BCUT2D eigenvalue weighted by Crippen LogP contribution is 2.28. The van der Waals surface area contributed by atoms with Gasteiger partial charge in [0.15, 0.2) is 6.10 Å². The molecule has 2 aromatic carbocycles. The van der Waals surface area contributed by atoms with Gasteiger partial charge in [0, 0.05) is 12.1 Å². The minimum atomic E-state index is -0.930. The first kappa shape index (κ1) is 21.0. The molecule has 0 aromatic heterocycles. The minimum Gasteiger partial charge on any atom is -0.477 e. The summed E-state index contributed by atoms with van der Waals surface area (Å²) >= 11 is 11.9. The summed E-state index contributed by atoms with van der Waals surface area (Å²) in [5.74, 6) is -0.687. The molecule has 0 fully saturated rings. The summed E-state index contributed by atoms with van der Waals surface area (Å²) in [6.07, 6.45) is -0.930. The lowest BCUT2D eigenvalue weighted by molar-refractivity contribution is -0.141. The summed E-state index contributed by atoms with van der Waals surface area (Å²) in [7, 11) is 1.51. The number of methoxy groups -OCH3 is 1. The first-order chi connectivity index (χ1) is 12.9. The van der Waals surface area contributed by atoms with Crippen LogP contribution in [0, 0.1) is 0 Å². The molecule has 0 aliphatic rings. The van der Waals surface area contributed by atoms with Gasteiger partial charge >= 0.3 is 11.9 Å². The van der Waals surface area contributed by atoms with Crippen LogP contribution in [0.15, 0.2) is 42.5 Å². The highest BCUT2D eigenvalue weighted by Gasteiger charge is 2.19. The zero-order valence-corrected chi connectivity index (χ0v) is 16.3. The highest BCUT2D eigenvalue weighted by atomic mass is 35.5. The fourth-order valence-electron chi connectivity index (χ4n) is 2.00. The number of carbonyl (C=O) groups excluding carboxylic acids is 2. The van der Waals surface area contributed by atoms with Crippen molar-refractivity contribution in [3.05, 3.63) is 58.1 Å². The Bertz CT molecular complexity index is 809. The van der Waals surface area contributed by atoms with Crippen molar-refractivity contribution in [2.45, 2.75) is 13.0 Å². The van der Waals surface area contributed by atoms with Gasteiger partial charge < -0.3 is 18.9 Å². The second kappa shape index (κ2) is 10.2. The maximum atomic E-state index is 12.2. The molecule has 0 aliphatic carbocycles. The summed E-state index contributed by atoms with van der Waals surface area (Å²) in [6.45, 7) is 1.95. The molecule has 27 heavy (non-hydrogen) atoms. The van der Waals surface area contributed by atoms with E-state index in [1.165, 1.54) is 26.2 Å². The Balaban J connectivity index is 1.98. The van der Waals surface area contributed by atoms with Crippen molar-refractivity contribution in [3.63, 3.8) is 0 Å². The second-order valence-corrected chi connectivity index (χ2v) is 6.26. The van der Waals surface area contributed by atoms with E-state index >= 15 is 0 Å². The zero-order valence-electron chi connectivity index (χ0n) is 14.7. The molecule has 2 rings (SSSR count). The molecule has 1 atom stereocenters. The lowest BCUT2D eigenvalue weighted by Crippen LogP contribution is -2.28. The third-order valence-electron chi connectivity index (χ3n) is 3.34. The Hall–Kier alpha value is -2.28. The van der Waals surface area contributed by atoms with E-state index in [1.54, 1.807) is 30.3 Å². The molecule has 0 radical (unpaired) electrons. The number of halogens is 2. The van der Waals surface area contributed by atoms with Crippen LogP contribution >= 0.6 is 23.2 Å². The quantitative estimate of drug-likeness (QED) is 0.368. The molecular formula is C19H18Cl2O6. The first-order valence-corrected chi connectivity index (χ1v) is 8.76. The standard InChI is InChI=1S/C19H18Cl2O6/c1-12(26-17-7-6-14(20)11-16(17)21)18(22)27-15-5-3-4-13(10-15)19(23)25-9-8-24-2/h3-7,10-12H,8-9H2,1-2H3. The molecule has 0 saturated heterocycles. The average Bonchev–Trinajstić information content (AvgIpc) is 2.64. The molecule has 0 heterocycles. The van der Waals surface area contributed by atoms with Crippen molar-refractivity contribution >= 4 is 35.1 Å². The van der Waals surface area contributed by atoms with Crippen LogP contribution in [0.25, 0.3) is 0 Å². The van der Waals surface area contributed by atoms with Crippen LogP contribution in [-0.2, 0) is 14.3 Å². The molecule has 144 valence electrons. The number of hydrogen-bond acceptors (Lipinski definition) is 6. The third kappa shape index (κ3) is 6.43. The molecule has 0 N–H and O–H groups in total. The topological polar surface area (TPSA) is 71.1 Å². The molecule has 0 saturated carbocycles. The second-order valence-electron chi connectivity index (χ2n) is 5.41. The summed E-state index contributed by atoms with van der Waals surface area (Å²) < 4.78 is 20.6. The fraction of sp³-hybridized carbons (Fsp3) is 0.263. The van der Waals surface area contributed by atoms with Gasteiger partial charge in [-0.05, 0) is 43.3 Å². The molecule has 6 nitrogen and oxygen atoms in total. The van der Waals surface area contributed by atoms with E-state index in [4.69, 9.17) is 42.1 Å². The van der Waals surface area contributed by atoms with E-state index in [-0.39, 0.29) is 22.9 Å². The normalized spacial score (nSPS) is 11.6. The largest absolute Gasteiger partial charge is 0.477 e. The average molecular weight is 413 g/mol. The Kier molecular flexibility index (Phi) is 7.91. The molecule has 1 unspecified atom stereocenters. The summed E-state index contributed by atoms with van der Waals surface area (Å²) in [5.41, 5.74) is 0.255. The van der Waals surface area contributed by atoms with Gasteiger partial charge in [-0.15, -0.1) is 0 Å². The number of carbonyl (C=O) groups is 2. The van der Waals surface area contributed by atoms with Crippen LogP contribution in [0.3, 0.4) is 0 Å². The van der Waals surface area contributed by atoms with Gasteiger partial charge in [-0.1, -0.05) is 29.3 Å². The van der Waals surface area contributed by atoms with Crippen LogP contribution in [0.2, 0.25) is 10.0 Å². The molecule has 8 heteroatoms. The third-order valence-corrected chi connectivity index (χ3v) is 3.87. The molecule has 2 aromatic rings. The number of benzene rings is 2. The van der Waals surface area contributed by atoms with Gasteiger partial charge in [-0.2, -0.15) is 0 Å². The van der Waals surface area contributed by atoms with E-state index in [2.05, 4.69) is 0 Å². The molecule has 0 bridgehead atoms. The number of hydrogen-bond donors (Lipinski definition) is 0. The smallest absolute Gasteiger partial charge is 0.352 e. The SMILES string of the molecule is COCCOC(=O)c1cccc(OC(=O)C(C)Oc2ccc(Cl)cc2Cl)c1. The Labute approximate surface area is 166 Å². The molecular weight excluding hydrogens is 395 g/mol. The van der Waals surface area contributed by atoms with Crippen molar-refractivity contribution in [1.29, 1.82) is 0 Å². The molecule has 0 spiro atoms. The lowest BCUT2D eigenvalue weighted by atomic mass is 10.2. The van der Waals surface area contributed by atoms with Gasteiger partial charge in [0.25, 0.3) is 0 Å². The fourth-order valence-corrected chi connectivity index (χ4v) is 2.45. The molecule has 0 aliphatic heterocycles. The predicted octanol–water partition coefficient (Wildman–Crippen LogP) is 4.17. The van der Waals surface area contributed by atoms with E-state index in [0.29, 0.717) is 17.4 Å². The summed E-state index contributed by atoms with van der Waals surface area (Å²) in [4.78, 5) is 24.2. The van der Waals surface area contributed by atoms with Gasteiger partial charge in [-0.25, -0.2) is 9.59 Å². The van der Waals surface area contributed by atoms with Crippen LogP contribution in [-0.4, -0.2) is 38.4 Å². The van der Waals surface area contributed by atoms with Gasteiger partial charge in [0.05, 0.1) is 17.2 Å². The Morgan fingerprint density at radius 3 is 2.56 bits per heavy atom. The number of esters is 2. The minimum absolute atomic E-state index is 0.131. The summed E-state index contributed by atoms with van der Waals surface area (Å²) in [6, 6.07) is 10.8. The van der Waals surface area contributed by atoms with Gasteiger partial charge in [-0.3, -0.25) is 0 Å². The highest BCUT2D eigenvalue weighted by molar-refractivity contribution is 6.35. The van der Waals surface area contributed by atoms with E-state index in [9.17, 15) is 9.59 Å². The van der Waals surface area contributed by atoms with Crippen molar-refractivity contribution in [2.24, 2.45) is 0 Å². The van der Waals surface area contributed by atoms with Gasteiger partial charge in [0.1, 0.15) is 18.1 Å². The van der Waals surface area contributed by atoms with Crippen molar-refractivity contribution in [2.75, 3.05) is 20.3 Å². The maximum absolute atomic E-state index is 12.2. The zero-order chi connectivity index (χ0) is 19.8. The van der Waals surface area contributed by atoms with Crippen LogP contribution < -0.4 is 9.47 Å². The van der Waals surface area contributed by atoms with Crippen molar-refractivity contribution in [1.82, 2.24) is 0 Å².